The van der Waals surface area contributed by atoms with Crippen molar-refractivity contribution < 1.29 is 43.9 Å². The lowest BCUT2D eigenvalue weighted by atomic mass is 10.4. The quantitative estimate of drug-likeness (QED) is 0.485. The molecule has 110 valence electrons. The fourth-order valence-electron chi connectivity index (χ4n) is 0.648. The zero-order valence-corrected chi connectivity index (χ0v) is 9.64. The van der Waals surface area contributed by atoms with E-state index < -0.39 is 57.3 Å². The molecule has 0 aromatic rings. The van der Waals surface area contributed by atoms with Crippen LogP contribution in [0, 0.1) is 0 Å². The Labute approximate surface area is 102 Å². The first-order valence-electron chi connectivity index (χ1n) is 3.88. The zero-order chi connectivity index (χ0) is 14.8. The van der Waals surface area contributed by atoms with Gasteiger partial charge in [-0.25, -0.2) is 0 Å². The fourth-order valence-corrected chi connectivity index (χ4v) is 2.42. The largest absolute Gasteiger partial charge is 0.395 e. The lowest BCUT2D eigenvalue weighted by molar-refractivity contribution is -0.167. The fraction of sp³-hybridized carbons (Fsp3) is 1.00. The molecule has 0 amide bonds. The number of rotatable bonds is 5. The molecule has 0 saturated carbocycles. The molecule has 0 aliphatic heterocycles. The van der Waals surface area contributed by atoms with E-state index in [1.54, 1.807) is 0 Å². The highest BCUT2D eigenvalue weighted by Crippen LogP contribution is 2.53. The summed E-state index contributed by atoms with van der Waals surface area (Å²) in [7, 11) is -2.47. The van der Waals surface area contributed by atoms with Crippen LogP contribution in [0.3, 0.4) is 0 Å². The first-order valence-corrected chi connectivity index (χ1v) is 6.03. The first kappa shape index (κ1) is 18.0. The van der Waals surface area contributed by atoms with Gasteiger partial charge in [-0.1, -0.05) is 0 Å². The second-order valence-electron chi connectivity index (χ2n) is 3.03. The minimum absolute atomic E-state index is 1.23. The summed E-state index contributed by atoms with van der Waals surface area (Å²) < 4.78 is 119. The van der Waals surface area contributed by atoms with Crippen LogP contribution in [-0.4, -0.2) is 22.9 Å². The van der Waals surface area contributed by atoms with Crippen LogP contribution in [0.15, 0.2) is 0 Å². The van der Waals surface area contributed by atoms with Gasteiger partial charge in [0, 0.05) is 0 Å². The van der Waals surface area contributed by atoms with Crippen molar-refractivity contribution in [3.05, 3.63) is 0 Å². The van der Waals surface area contributed by atoms with Gasteiger partial charge in [0.1, 0.15) is 12.8 Å². The molecule has 0 aliphatic rings. The van der Waals surface area contributed by atoms with Crippen LogP contribution >= 0.6 is 21.6 Å². The second-order valence-corrected chi connectivity index (χ2v) is 5.55. The van der Waals surface area contributed by atoms with Gasteiger partial charge in [0.15, 0.2) is 0 Å². The normalized spacial score (nSPS) is 15.0. The maximum atomic E-state index is 12.5. The molecule has 0 rings (SSSR count). The van der Waals surface area contributed by atoms with E-state index in [4.69, 9.17) is 0 Å². The summed E-state index contributed by atoms with van der Waals surface area (Å²) in [5.74, 6) is 0. The Morgan fingerprint density at radius 2 is 0.722 bits per heavy atom. The maximum Gasteiger partial charge on any atom is 0.395 e. The first-order chi connectivity index (χ1) is 7.62. The number of halogens is 10. The van der Waals surface area contributed by atoms with Gasteiger partial charge in [-0.15, -0.1) is 0 Å². The molecular weight excluding hydrogens is 326 g/mol. The average Bonchev–Trinajstić information content (AvgIpc) is 1.91. The Kier molecular flexibility index (Phi) is 5.55. The summed E-state index contributed by atoms with van der Waals surface area (Å²) in [4.78, 5) is 0. The average molecular weight is 330 g/mol. The second kappa shape index (κ2) is 5.55. The maximum absolute atomic E-state index is 12.5. The molecule has 0 aliphatic carbocycles. The predicted octanol–water partition coefficient (Wildman–Crippen LogP) is 5.46. The third-order valence-electron chi connectivity index (χ3n) is 1.10. The molecule has 0 bridgehead atoms. The molecule has 0 N–H and O–H groups in total. The van der Waals surface area contributed by atoms with Crippen molar-refractivity contribution in [1.82, 2.24) is 0 Å². The van der Waals surface area contributed by atoms with Crippen LogP contribution in [-0.2, 0) is 0 Å². The zero-order valence-electron chi connectivity index (χ0n) is 8.01. The van der Waals surface area contributed by atoms with E-state index in [0.717, 1.165) is 0 Å². The summed E-state index contributed by atoms with van der Waals surface area (Å²) in [6.45, 7) is 0. The van der Waals surface area contributed by atoms with Gasteiger partial charge in [-0.2, -0.15) is 43.9 Å². The molecule has 18 heavy (non-hydrogen) atoms. The highest BCUT2D eigenvalue weighted by atomic mass is 33.1. The van der Waals surface area contributed by atoms with E-state index in [1.165, 1.54) is 0 Å². The number of hydrogen-bond donors (Lipinski definition) is 0. The summed E-state index contributed by atoms with van der Waals surface area (Å²) in [6.07, 6.45) is -16.0. The van der Waals surface area contributed by atoms with E-state index in [-0.39, 0.29) is 0 Å². The highest BCUT2D eigenvalue weighted by Gasteiger charge is 2.50. The Balaban J connectivity index is 4.38. The molecule has 0 unspecified atom stereocenters. The van der Waals surface area contributed by atoms with Crippen molar-refractivity contribution in [2.75, 3.05) is 0 Å². The van der Waals surface area contributed by atoms with Crippen LogP contribution in [0.25, 0.3) is 0 Å². The molecule has 0 atom stereocenters. The Bertz CT molecular complexity index is 239. The molecule has 0 fully saturated rings. The van der Waals surface area contributed by atoms with Crippen molar-refractivity contribution in [3.63, 3.8) is 0 Å². The van der Waals surface area contributed by atoms with Crippen LogP contribution in [0.4, 0.5) is 43.9 Å². The molecule has 0 spiro atoms. The van der Waals surface area contributed by atoms with Crippen LogP contribution < -0.4 is 0 Å². The summed E-state index contributed by atoms with van der Waals surface area (Å²) >= 11 is 0. The molecule has 0 saturated heterocycles. The molecule has 0 aromatic carbocycles. The monoisotopic (exact) mass is 330 g/mol. The molecule has 0 heterocycles. The molecular formula is C6H4F10S2. The minimum Gasteiger partial charge on any atom is -0.193 e. The van der Waals surface area contributed by atoms with Gasteiger partial charge >= 0.3 is 22.9 Å². The van der Waals surface area contributed by atoms with Gasteiger partial charge in [0.05, 0.1) is 0 Å². The molecule has 12 heteroatoms. The SMILES string of the molecule is FC(F)(F)CC(F)(F)SSC(F)(F)CC(F)(F)F. The topological polar surface area (TPSA) is 0 Å². The van der Waals surface area contributed by atoms with E-state index in [0.29, 0.717) is 0 Å². The van der Waals surface area contributed by atoms with Crippen molar-refractivity contribution in [2.45, 2.75) is 35.7 Å². The van der Waals surface area contributed by atoms with Crippen molar-refractivity contribution in [1.29, 1.82) is 0 Å². The van der Waals surface area contributed by atoms with Crippen molar-refractivity contribution >= 4 is 21.6 Å². The third kappa shape index (κ3) is 9.97. The molecule has 0 nitrogen and oxygen atoms in total. The smallest absolute Gasteiger partial charge is 0.193 e. The third-order valence-corrected chi connectivity index (χ3v) is 3.67. The number of hydrogen-bond acceptors (Lipinski definition) is 2. The van der Waals surface area contributed by atoms with E-state index in [1.807, 2.05) is 0 Å². The summed E-state index contributed by atoms with van der Waals surface area (Å²) in [5, 5.41) is -9.25. The molecule has 0 radical (unpaired) electrons. The standard InChI is InChI=1S/C6H4F10S2/c7-3(8,9)1-5(13,14)17-18-6(15,16)2-4(10,11)12/h1-2H2. The lowest BCUT2D eigenvalue weighted by Gasteiger charge is -2.21. The summed E-state index contributed by atoms with van der Waals surface area (Å²) in [6, 6.07) is 0. The minimum atomic E-state index is -5.31. The van der Waals surface area contributed by atoms with Crippen molar-refractivity contribution in [2.24, 2.45) is 0 Å². The van der Waals surface area contributed by atoms with Crippen LogP contribution in [0.1, 0.15) is 12.8 Å². The number of alkyl halides is 10. The Hall–Kier alpha value is -0.000000000000000111. The van der Waals surface area contributed by atoms with Gasteiger partial charge in [-0.05, 0) is 21.6 Å². The van der Waals surface area contributed by atoms with E-state index >= 15 is 0 Å². The van der Waals surface area contributed by atoms with Crippen LogP contribution in [0.5, 0.6) is 0 Å². The highest BCUT2D eigenvalue weighted by molar-refractivity contribution is 8.77. The van der Waals surface area contributed by atoms with Crippen molar-refractivity contribution in [3.8, 4) is 0 Å². The van der Waals surface area contributed by atoms with Gasteiger partial charge < -0.3 is 0 Å². The summed E-state index contributed by atoms with van der Waals surface area (Å²) in [5.41, 5.74) is 0. The molecule has 0 aromatic heterocycles. The van der Waals surface area contributed by atoms with E-state index in [2.05, 4.69) is 0 Å². The lowest BCUT2D eigenvalue weighted by Crippen LogP contribution is -2.25. The van der Waals surface area contributed by atoms with Gasteiger partial charge in [0.25, 0.3) is 0 Å². The predicted molar refractivity (Wildman–Crippen MR) is 46.4 cm³/mol. The Morgan fingerprint density at radius 1 is 0.500 bits per heavy atom. The van der Waals surface area contributed by atoms with Crippen LogP contribution in [0.2, 0.25) is 0 Å². The van der Waals surface area contributed by atoms with Gasteiger partial charge in [0.2, 0.25) is 0 Å². The Morgan fingerprint density at radius 3 is 0.889 bits per heavy atom. The van der Waals surface area contributed by atoms with E-state index in [9.17, 15) is 43.9 Å². The van der Waals surface area contributed by atoms with Gasteiger partial charge in [-0.3, -0.25) is 0 Å².